The fourth-order valence-electron chi connectivity index (χ4n) is 1.59. The zero-order valence-corrected chi connectivity index (χ0v) is 11.2. The van der Waals surface area contributed by atoms with Crippen molar-refractivity contribution in [3.05, 3.63) is 30.3 Å². The second-order valence-electron chi connectivity index (χ2n) is 3.22. The Morgan fingerprint density at radius 3 is 1.59 bits per heavy atom. The predicted octanol–water partition coefficient (Wildman–Crippen LogP) is 1.03. The van der Waals surface area contributed by atoms with Gasteiger partial charge in [-0.05, 0) is 20.8 Å². The van der Waals surface area contributed by atoms with Crippen molar-refractivity contribution in [2.75, 3.05) is 19.8 Å². The molecule has 5 heteroatoms. The van der Waals surface area contributed by atoms with Crippen LogP contribution in [-0.4, -0.2) is 74.1 Å². The minimum absolute atomic E-state index is 0. The molecule has 0 saturated carbocycles. The Kier molecular flexibility index (Phi) is 10.1. The molecule has 0 N–H and O–H groups in total. The van der Waals surface area contributed by atoms with Crippen molar-refractivity contribution in [3.8, 4) is 0 Å². The molecule has 0 atom stereocenters. The van der Waals surface area contributed by atoms with Gasteiger partial charge in [-0.1, -0.05) is 30.3 Å². The zero-order valence-electron chi connectivity index (χ0n) is 10.2. The molecule has 0 spiro atoms. The van der Waals surface area contributed by atoms with Gasteiger partial charge in [-0.25, -0.2) is 0 Å². The van der Waals surface area contributed by atoms with Crippen LogP contribution in [0.25, 0.3) is 0 Å². The Bertz CT molecular complexity index is 278. The van der Waals surface area contributed by atoms with E-state index < -0.39 is 8.80 Å². The molecule has 94 valence electrons. The second kappa shape index (κ2) is 9.69. The maximum absolute atomic E-state index is 5.79. The van der Waals surface area contributed by atoms with E-state index in [1.165, 1.54) is 0 Å². The molecule has 0 amide bonds. The fraction of sp³-hybridized carbons (Fsp3) is 0.500. The van der Waals surface area contributed by atoms with Gasteiger partial charge in [0.05, 0.1) is 0 Å². The van der Waals surface area contributed by atoms with E-state index in [9.17, 15) is 0 Å². The Morgan fingerprint density at radius 2 is 1.24 bits per heavy atom. The Labute approximate surface area is 142 Å². The van der Waals surface area contributed by atoms with Gasteiger partial charge < -0.3 is 13.3 Å². The van der Waals surface area contributed by atoms with E-state index >= 15 is 0 Å². The van der Waals surface area contributed by atoms with Crippen molar-refractivity contribution in [1.29, 1.82) is 0 Å². The molecule has 3 nitrogen and oxygen atoms in total. The van der Waals surface area contributed by atoms with Crippen LogP contribution in [-0.2, 0) is 13.3 Å². The van der Waals surface area contributed by atoms with Crippen LogP contribution in [0.3, 0.4) is 0 Å². The summed E-state index contributed by atoms with van der Waals surface area (Å²) in [5.74, 6) is 0. The molecule has 0 saturated heterocycles. The molecule has 1 rings (SSSR count). The molecule has 0 radical (unpaired) electrons. The van der Waals surface area contributed by atoms with Crippen LogP contribution in [0.2, 0.25) is 0 Å². The normalized spacial score (nSPS) is 11.0. The van der Waals surface area contributed by atoms with E-state index in [1.54, 1.807) is 0 Å². The van der Waals surface area contributed by atoms with E-state index in [1.807, 2.05) is 51.1 Å². The van der Waals surface area contributed by atoms with Gasteiger partial charge in [-0.15, -0.1) is 0 Å². The fourth-order valence-corrected chi connectivity index (χ4v) is 4.08. The van der Waals surface area contributed by atoms with Gasteiger partial charge in [0, 0.05) is 25.0 Å². The van der Waals surface area contributed by atoms with Crippen molar-refractivity contribution < 1.29 is 13.3 Å². The molecule has 1 aromatic carbocycles. The van der Waals surface area contributed by atoms with Crippen molar-refractivity contribution in [2.45, 2.75) is 20.8 Å². The third-order valence-electron chi connectivity index (χ3n) is 2.13. The SMILES string of the molecule is CCO[Si](OCC)(OCC)c1ccccc1.[SrH2]. The van der Waals surface area contributed by atoms with E-state index in [0.29, 0.717) is 19.8 Å². The third-order valence-corrected chi connectivity index (χ3v) is 5.18. The van der Waals surface area contributed by atoms with Crippen LogP contribution in [0.4, 0.5) is 0 Å². The number of hydrogen-bond donors (Lipinski definition) is 0. The van der Waals surface area contributed by atoms with Gasteiger partial charge in [0.15, 0.2) is 0 Å². The standard InChI is InChI=1S/C12H20O3Si.Sr.2H/c1-4-13-16(14-5-2,15-6-3)12-10-8-7-9-11-12;;;/h7-11H,4-6H2,1-3H3;;;. The topological polar surface area (TPSA) is 27.7 Å². The zero-order chi connectivity index (χ0) is 11.9. The summed E-state index contributed by atoms with van der Waals surface area (Å²) >= 11 is 0. The first-order valence-electron chi connectivity index (χ1n) is 5.76. The van der Waals surface area contributed by atoms with Crippen molar-refractivity contribution in [2.24, 2.45) is 0 Å². The first kappa shape index (κ1) is 17.8. The number of benzene rings is 1. The van der Waals surface area contributed by atoms with Gasteiger partial charge in [0.1, 0.15) is 0 Å². The molecule has 0 bridgehead atoms. The van der Waals surface area contributed by atoms with Crippen molar-refractivity contribution in [1.82, 2.24) is 0 Å². The van der Waals surface area contributed by atoms with E-state index in [-0.39, 0.29) is 45.5 Å². The minimum atomic E-state index is -2.67. The van der Waals surface area contributed by atoms with E-state index in [2.05, 4.69) is 0 Å². The Hall–Kier alpha value is 0.797. The molecule has 0 aliphatic rings. The summed E-state index contributed by atoms with van der Waals surface area (Å²) in [6.45, 7) is 7.68. The van der Waals surface area contributed by atoms with Crippen LogP contribution in [0.15, 0.2) is 30.3 Å². The summed E-state index contributed by atoms with van der Waals surface area (Å²) in [6, 6.07) is 9.95. The summed E-state index contributed by atoms with van der Waals surface area (Å²) in [7, 11) is -2.67. The number of hydrogen-bond acceptors (Lipinski definition) is 3. The molecule has 0 aromatic heterocycles. The van der Waals surface area contributed by atoms with Crippen LogP contribution in [0, 0.1) is 0 Å². The average molecular weight is 330 g/mol. The maximum atomic E-state index is 5.79. The van der Waals surface area contributed by atoms with Crippen LogP contribution < -0.4 is 5.19 Å². The second-order valence-corrected chi connectivity index (χ2v) is 5.78. The number of rotatable bonds is 7. The molecular formula is C12H22O3SiSr. The molecule has 0 heterocycles. The van der Waals surface area contributed by atoms with Crippen LogP contribution in [0.5, 0.6) is 0 Å². The van der Waals surface area contributed by atoms with Gasteiger partial charge in [-0.3, -0.25) is 0 Å². The van der Waals surface area contributed by atoms with Crippen LogP contribution in [0.1, 0.15) is 20.8 Å². The van der Waals surface area contributed by atoms with E-state index in [0.717, 1.165) is 5.19 Å². The van der Waals surface area contributed by atoms with Crippen molar-refractivity contribution in [3.63, 3.8) is 0 Å². The monoisotopic (exact) mass is 330 g/mol. The molecule has 0 aliphatic heterocycles. The molecule has 1 aromatic rings. The van der Waals surface area contributed by atoms with Gasteiger partial charge in [0.2, 0.25) is 0 Å². The quantitative estimate of drug-likeness (QED) is 0.699. The molecular weight excluding hydrogens is 308 g/mol. The Balaban J connectivity index is 0.00000256. The van der Waals surface area contributed by atoms with Crippen molar-refractivity contribution >= 4 is 59.5 Å². The summed E-state index contributed by atoms with van der Waals surface area (Å²) in [6.07, 6.45) is 0. The van der Waals surface area contributed by atoms with Crippen LogP contribution >= 0.6 is 0 Å². The molecule has 0 fully saturated rings. The van der Waals surface area contributed by atoms with Gasteiger partial charge >= 0.3 is 54.3 Å². The third kappa shape index (κ3) is 5.12. The molecule has 0 aliphatic carbocycles. The van der Waals surface area contributed by atoms with Gasteiger partial charge in [0.25, 0.3) is 0 Å². The average Bonchev–Trinajstić information content (AvgIpc) is 2.31. The molecule has 17 heavy (non-hydrogen) atoms. The molecule has 0 unspecified atom stereocenters. The predicted molar refractivity (Wildman–Crippen MR) is 75.3 cm³/mol. The summed E-state index contributed by atoms with van der Waals surface area (Å²) in [5.41, 5.74) is 0. The summed E-state index contributed by atoms with van der Waals surface area (Å²) in [5, 5.41) is 1.03. The first-order chi connectivity index (χ1) is 7.79. The summed E-state index contributed by atoms with van der Waals surface area (Å²) < 4.78 is 17.4. The summed E-state index contributed by atoms with van der Waals surface area (Å²) in [4.78, 5) is 0. The van der Waals surface area contributed by atoms with E-state index in [4.69, 9.17) is 13.3 Å². The Morgan fingerprint density at radius 1 is 0.824 bits per heavy atom. The van der Waals surface area contributed by atoms with Gasteiger partial charge in [-0.2, -0.15) is 0 Å². The first-order valence-corrected chi connectivity index (χ1v) is 7.49.